The maximum atomic E-state index is 14.2. The topological polar surface area (TPSA) is 105 Å². The summed E-state index contributed by atoms with van der Waals surface area (Å²) >= 11 is 0. The van der Waals surface area contributed by atoms with Gasteiger partial charge in [0.25, 0.3) is 0 Å². The van der Waals surface area contributed by atoms with Gasteiger partial charge in [-0.2, -0.15) is 0 Å². The molecule has 1 aromatic rings. The normalized spacial score (nSPS) is 18.6. The summed E-state index contributed by atoms with van der Waals surface area (Å²) in [4.78, 5) is 24.0. The van der Waals surface area contributed by atoms with Gasteiger partial charge in [0.2, 0.25) is 15.9 Å². The SMILES string of the molecule is C[C@@H](NS(=O)(=O)CCCCCN1CC(=O)NC1=O)c1ccc(F)c(OC2CCCCC2)c1. The van der Waals surface area contributed by atoms with Gasteiger partial charge < -0.3 is 9.64 Å². The Morgan fingerprint density at radius 1 is 1.19 bits per heavy atom. The van der Waals surface area contributed by atoms with E-state index in [2.05, 4.69) is 10.0 Å². The maximum absolute atomic E-state index is 14.2. The number of carbonyl (C=O) groups excluding carboxylic acids is 2. The van der Waals surface area contributed by atoms with Crippen molar-refractivity contribution in [1.82, 2.24) is 14.9 Å². The fourth-order valence-corrected chi connectivity index (χ4v) is 5.45. The van der Waals surface area contributed by atoms with Crippen molar-refractivity contribution < 1.29 is 27.1 Å². The number of nitrogens with zero attached hydrogens (tertiary/aromatic N) is 1. The van der Waals surface area contributed by atoms with Crippen molar-refractivity contribution >= 4 is 22.0 Å². The molecule has 8 nitrogen and oxygen atoms in total. The van der Waals surface area contributed by atoms with Gasteiger partial charge in [-0.05, 0) is 63.1 Å². The third-order valence-corrected chi connectivity index (χ3v) is 7.41. The second kappa shape index (κ2) is 11.1. The number of unbranched alkanes of at least 4 members (excludes halogenated alkanes) is 2. The number of amides is 3. The predicted molar refractivity (Wildman–Crippen MR) is 118 cm³/mol. The van der Waals surface area contributed by atoms with Crippen LogP contribution in [0.25, 0.3) is 0 Å². The highest BCUT2D eigenvalue weighted by molar-refractivity contribution is 7.89. The molecule has 2 N–H and O–H groups in total. The Bertz CT molecular complexity index is 918. The van der Waals surface area contributed by atoms with Crippen LogP contribution in [-0.2, 0) is 14.8 Å². The average Bonchev–Trinajstić information content (AvgIpc) is 3.06. The Morgan fingerprint density at radius 3 is 2.62 bits per heavy atom. The molecular weight excluding hydrogens is 437 g/mol. The van der Waals surface area contributed by atoms with Crippen molar-refractivity contribution in [2.45, 2.75) is 70.4 Å². The van der Waals surface area contributed by atoms with Crippen LogP contribution in [0.2, 0.25) is 0 Å². The summed E-state index contributed by atoms with van der Waals surface area (Å²) in [5, 5.41) is 2.21. The van der Waals surface area contributed by atoms with Crippen molar-refractivity contribution in [3.8, 4) is 5.75 Å². The third-order valence-electron chi connectivity index (χ3n) is 5.87. The second-order valence-electron chi connectivity index (χ2n) is 8.56. The fourth-order valence-electron chi connectivity index (χ4n) is 4.07. The number of rotatable bonds is 11. The zero-order valence-corrected chi connectivity index (χ0v) is 19.3. The largest absolute Gasteiger partial charge is 0.487 e. The number of carbonyl (C=O) groups is 2. The number of hydrogen-bond acceptors (Lipinski definition) is 5. The van der Waals surface area contributed by atoms with E-state index in [0.29, 0.717) is 31.4 Å². The first-order valence-corrected chi connectivity index (χ1v) is 12.9. The van der Waals surface area contributed by atoms with Crippen molar-refractivity contribution in [1.29, 1.82) is 0 Å². The molecule has 0 spiro atoms. The molecule has 1 aromatic carbocycles. The molecule has 2 fully saturated rings. The summed E-state index contributed by atoms with van der Waals surface area (Å²) in [6.07, 6.45) is 6.81. The molecule has 1 saturated carbocycles. The number of urea groups is 1. The Labute approximate surface area is 188 Å². The smallest absolute Gasteiger partial charge is 0.324 e. The minimum absolute atomic E-state index is 0.00486. The quantitative estimate of drug-likeness (QED) is 0.382. The van der Waals surface area contributed by atoms with Crippen LogP contribution in [0.3, 0.4) is 0 Å². The van der Waals surface area contributed by atoms with E-state index in [1.165, 1.54) is 17.4 Å². The van der Waals surface area contributed by atoms with E-state index in [0.717, 1.165) is 25.7 Å². The van der Waals surface area contributed by atoms with Gasteiger partial charge in [0.15, 0.2) is 11.6 Å². The summed E-state index contributed by atoms with van der Waals surface area (Å²) in [5.41, 5.74) is 0.644. The lowest BCUT2D eigenvalue weighted by molar-refractivity contribution is -0.118. The fraction of sp³-hybridized carbons (Fsp3) is 0.636. The summed E-state index contributed by atoms with van der Waals surface area (Å²) in [7, 11) is -3.53. The molecule has 1 saturated heterocycles. The molecule has 10 heteroatoms. The van der Waals surface area contributed by atoms with Gasteiger partial charge in [-0.25, -0.2) is 22.3 Å². The Balaban J connectivity index is 1.45. The number of imide groups is 1. The van der Waals surface area contributed by atoms with Crippen LogP contribution in [-0.4, -0.2) is 50.2 Å². The first kappa shape index (κ1) is 24.4. The second-order valence-corrected chi connectivity index (χ2v) is 10.4. The molecule has 0 aromatic heterocycles. The Kier molecular flexibility index (Phi) is 8.47. The van der Waals surface area contributed by atoms with Gasteiger partial charge in [0, 0.05) is 12.6 Å². The number of hydrogen-bond donors (Lipinski definition) is 2. The van der Waals surface area contributed by atoms with Crippen LogP contribution in [0.15, 0.2) is 18.2 Å². The lowest BCUT2D eigenvalue weighted by atomic mass is 9.98. The summed E-state index contributed by atoms with van der Waals surface area (Å²) in [5.74, 6) is -0.633. The molecule has 1 heterocycles. The monoisotopic (exact) mass is 469 g/mol. The van der Waals surface area contributed by atoms with Crippen molar-refractivity contribution in [3.63, 3.8) is 0 Å². The first-order chi connectivity index (χ1) is 15.2. The number of halogens is 1. The summed E-state index contributed by atoms with van der Waals surface area (Å²) < 4.78 is 47.6. The molecule has 0 bridgehead atoms. The molecule has 3 amide bonds. The van der Waals surface area contributed by atoms with Gasteiger partial charge in [-0.15, -0.1) is 0 Å². The minimum Gasteiger partial charge on any atom is -0.487 e. The van der Waals surface area contributed by atoms with Crippen LogP contribution >= 0.6 is 0 Å². The van der Waals surface area contributed by atoms with Crippen LogP contribution in [0.1, 0.15) is 69.9 Å². The molecule has 2 aliphatic rings. The van der Waals surface area contributed by atoms with E-state index in [1.807, 2.05) is 0 Å². The number of nitrogens with one attached hydrogen (secondary N) is 2. The molecular formula is C22H32FN3O5S. The van der Waals surface area contributed by atoms with E-state index in [9.17, 15) is 22.4 Å². The molecule has 1 aliphatic carbocycles. The van der Waals surface area contributed by atoms with Gasteiger partial charge in [0.1, 0.15) is 6.54 Å². The summed E-state index contributed by atoms with van der Waals surface area (Å²) in [6, 6.07) is 3.55. The molecule has 0 radical (unpaired) electrons. The zero-order valence-electron chi connectivity index (χ0n) is 18.4. The third kappa shape index (κ3) is 7.16. The number of benzene rings is 1. The van der Waals surface area contributed by atoms with Gasteiger partial charge >= 0.3 is 6.03 Å². The van der Waals surface area contributed by atoms with Crippen molar-refractivity contribution in [2.24, 2.45) is 0 Å². The van der Waals surface area contributed by atoms with E-state index in [1.54, 1.807) is 19.1 Å². The minimum atomic E-state index is -3.53. The highest BCUT2D eigenvalue weighted by Crippen LogP contribution is 2.28. The zero-order chi connectivity index (χ0) is 23.1. The van der Waals surface area contributed by atoms with Crippen LogP contribution in [0.5, 0.6) is 5.75 Å². The lowest BCUT2D eigenvalue weighted by Crippen LogP contribution is -2.30. The first-order valence-electron chi connectivity index (χ1n) is 11.3. The van der Waals surface area contributed by atoms with Crippen LogP contribution in [0, 0.1) is 5.82 Å². The standard InChI is InChI=1S/C22H32FN3O5S/c1-16(17-10-11-19(23)20(14-17)31-18-8-4-2-5-9-18)25-32(29,30)13-7-3-6-12-26-15-21(27)24-22(26)28/h10-11,14,16,18,25H,2-9,12-13,15H2,1H3,(H,24,27,28)/t16-/m1/s1. The maximum Gasteiger partial charge on any atom is 0.324 e. The van der Waals surface area contributed by atoms with E-state index in [4.69, 9.17) is 4.74 Å². The lowest BCUT2D eigenvalue weighted by Gasteiger charge is -2.24. The van der Waals surface area contributed by atoms with E-state index >= 15 is 0 Å². The molecule has 0 unspecified atom stereocenters. The molecule has 1 atom stereocenters. The van der Waals surface area contributed by atoms with Crippen LogP contribution in [0.4, 0.5) is 9.18 Å². The average molecular weight is 470 g/mol. The van der Waals surface area contributed by atoms with E-state index < -0.39 is 27.9 Å². The van der Waals surface area contributed by atoms with Gasteiger partial charge in [-0.1, -0.05) is 18.9 Å². The van der Waals surface area contributed by atoms with E-state index in [-0.39, 0.29) is 30.1 Å². The molecule has 1 aliphatic heterocycles. The molecule has 32 heavy (non-hydrogen) atoms. The summed E-state index contributed by atoms with van der Waals surface area (Å²) in [6.45, 7) is 2.19. The Morgan fingerprint density at radius 2 is 1.94 bits per heavy atom. The van der Waals surface area contributed by atoms with Gasteiger partial charge in [0.05, 0.1) is 11.9 Å². The predicted octanol–water partition coefficient (Wildman–Crippen LogP) is 3.24. The number of sulfonamides is 1. The van der Waals surface area contributed by atoms with Crippen LogP contribution < -0.4 is 14.8 Å². The van der Waals surface area contributed by atoms with Gasteiger partial charge in [-0.3, -0.25) is 10.1 Å². The highest BCUT2D eigenvalue weighted by Gasteiger charge is 2.26. The highest BCUT2D eigenvalue weighted by atomic mass is 32.2. The molecule has 178 valence electrons. The molecule has 3 rings (SSSR count). The van der Waals surface area contributed by atoms with Crippen molar-refractivity contribution in [2.75, 3.05) is 18.8 Å². The van der Waals surface area contributed by atoms with Crippen molar-refractivity contribution in [3.05, 3.63) is 29.6 Å². The Hall–Kier alpha value is -2.20. The number of ether oxygens (including phenoxy) is 1.